The summed E-state index contributed by atoms with van der Waals surface area (Å²) in [5, 5.41) is 0. The number of nitrogens with zero attached hydrogens (tertiary/aromatic N) is 1. The van der Waals surface area contributed by atoms with Gasteiger partial charge in [0.1, 0.15) is 11.5 Å². The molecule has 4 nitrogen and oxygen atoms in total. The van der Waals surface area contributed by atoms with Gasteiger partial charge in [-0.25, -0.2) is 4.79 Å². The molecule has 0 radical (unpaired) electrons. The fraction of sp³-hybridized carbons (Fsp3) is 0.167. The SMILES string of the molecule is C=C/C=C(\C=C)c1ccc2c(c1)C1(OC(=O)c3ccccc31)c1ccc(N(CC)CC)cc1O2. The van der Waals surface area contributed by atoms with Gasteiger partial charge in [-0.15, -0.1) is 0 Å². The number of carbonyl (C=O) groups is 1. The van der Waals surface area contributed by atoms with Crippen molar-refractivity contribution in [2.24, 2.45) is 0 Å². The fourth-order valence-electron chi connectivity index (χ4n) is 5.04. The number of hydrogen-bond donors (Lipinski definition) is 0. The van der Waals surface area contributed by atoms with E-state index in [-0.39, 0.29) is 5.97 Å². The Hall–Kier alpha value is -4.05. The molecule has 170 valence electrons. The molecule has 5 rings (SSSR count). The second-order valence-electron chi connectivity index (χ2n) is 8.34. The van der Waals surface area contributed by atoms with E-state index in [4.69, 9.17) is 9.47 Å². The van der Waals surface area contributed by atoms with Gasteiger partial charge in [-0.3, -0.25) is 0 Å². The van der Waals surface area contributed by atoms with Crippen molar-refractivity contribution in [2.45, 2.75) is 19.4 Å². The van der Waals surface area contributed by atoms with Gasteiger partial charge in [-0.05, 0) is 55.3 Å². The van der Waals surface area contributed by atoms with Crippen molar-refractivity contribution in [3.05, 3.63) is 120 Å². The van der Waals surface area contributed by atoms with Crippen molar-refractivity contribution in [1.29, 1.82) is 0 Å². The lowest BCUT2D eigenvalue weighted by Gasteiger charge is -2.37. The summed E-state index contributed by atoms with van der Waals surface area (Å²) in [5.41, 5.74) is 4.86. The number of anilines is 1. The Morgan fingerprint density at radius 2 is 1.74 bits per heavy atom. The van der Waals surface area contributed by atoms with E-state index in [1.54, 1.807) is 12.2 Å². The maximum Gasteiger partial charge on any atom is 0.340 e. The summed E-state index contributed by atoms with van der Waals surface area (Å²) < 4.78 is 12.7. The Kier molecular flexibility index (Phi) is 5.37. The Labute approximate surface area is 200 Å². The third-order valence-corrected chi connectivity index (χ3v) is 6.67. The van der Waals surface area contributed by atoms with E-state index in [1.807, 2.05) is 60.7 Å². The minimum Gasteiger partial charge on any atom is -0.456 e. The van der Waals surface area contributed by atoms with Gasteiger partial charge in [0.05, 0.1) is 5.56 Å². The lowest BCUT2D eigenvalue weighted by molar-refractivity contribution is 0.0224. The van der Waals surface area contributed by atoms with Crippen molar-refractivity contribution in [2.75, 3.05) is 18.0 Å². The predicted molar refractivity (Wildman–Crippen MR) is 137 cm³/mol. The van der Waals surface area contributed by atoms with Crippen molar-refractivity contribution in [3.63, 3.8) is 0 Å². The largest absolute Gasteiger partial charge is 0.456 e. The molecule has 0 amide bonds. The Bertz CT molecular complexity index is 1350. The van der Waals surface area contributed by atoms with Crippen LogP contribution in [0.5, 0.6) is 11.5 Å². The molecule has 0 saturated heterocycles. The van der Waals surface area contributed by atoms with Gasteiger partial charge in [0, 0.05) is 41.5 Å². The Morgan fingerprint density at radius 3 is 2.47 bits per heavy atom. The summed E-state index contributed by atoms with van der Waals surface area (Å²) >= 11 is 0. The smallest absolute Gasteiger partial charge is 0.340 e. The van der Waals surface area contributed by atoms with Crippen LogP contribution in [-0.4, -0.2) is 19.1 Å². The van der Waals surface area contributed by atoms with Gasteiger partial charge < -0.3 is 14.4 Å². The summed E-state index contributed by atoms with van der Waals surface area (Å²) in [4.78, 5) is 15.4. The molecule has 34 heavy (non-hydrogen) atoms. The molecule has 1 atom stereocenters. The molecular formula is C30H27NO3. The van der Waals surface area contributed by atoms with E-state index >= 15 is 0 Å². The van der Waals surface area contributed by atoms with Crippen LogP contribution in [0.4, 0.5) is 5.69 Å². The summed E-state index contributed by atoms with van der Waals surface area (Å²) in [7, 11) is 0. The summed E-state index contributed by atoms with van der Waals surface area (Å²) in [5.74, 6) is 1.03. The number of benzene rings is 3. The lowest BCUT2D eigenvalue weighted by atomic mass is 9.77. The number of rotatable bonds is 6. The average Bonchev–Trinajstić information content (AvgIpc) is 3.16. The van der Waals surface area contributed by atoms with Crippen LogP contribution < -0.4 is 9.64 Å². The molecule has 1 spiro atoms. The van der Waals surface area contributed by atoms with Crippen molar-refractivity contribution in [3.8, 4) is 11.5 Å². The minimum absolute atomic E-state index is 0.335. The summed E-state index contributed by atoms with van der Waals surface area (Å²) in [6.07, 6.45) is 5.43. The van der Waals surface area contributed by atoms with Crippen LogP contribution in [0.2, 0.25) is 0 Å². The van der Waals surface area contributed by atoms with Crippen molar-refractivity contribution < 1.29 is 14.3 Å². The molecule has 0 bridgehead atoms. The van der Waals surface area contributed by atoms with E-state index in [0.717, 1.165) is 46.6 Å². The molecular weight excluding hydrogens is 422 g/mol. The first-order valence-electron chi connectivity index (χ1n) is 11.6. The number of esters is 1. The monoisotopic (exact) mass is 449 g/mol. The molecule has 4 heteroatoms. The second kappa shape index (κ2) is 8.38. The third kappa shape index (κ3) is 3.10. The van der Waals surface area contributed by atoms with Crippen LogP contribution in [0, 0.1) is 0 Å². The highest BCUT2D eigenvalue weighted by molar-refractivity contribution is 5.97. The zero-order valence-corrected chi connectivity index (χ0v) is 19.5. The zero-order valence-electron chi connectivity index (χ0n) is 19.5. The molecule has 2 aliphatic heterocycles. The third-order valence-electron chi connectivity index (χ3n) is 6.67. The van der Waals surface area contributed by atoms with Crippen molar-refractivity contribution in [1.82, 2.24) is 0 Å². The molecule has 0 aliphatic carbocycles. The molecule has 0 aromatic heterocycles. The summed E-state index contributed by atoms with van der Waals surface area (Å²) in [6, 6.07) is 19.7. The fourth-order valence-corrected chi connectivity index (χ4v) is 5.04. The average molecular weight is 450 g/mol. The molecule has 3 aromatic rings. The standard InChI is InChI=1S/C30H27NO3/c1-5-11-20(6-2)21-14-17-27-26(18-21)30(24-13-10-9-12-23(24)29(32)34-30)25-16-15-22(19-28(25)33-27)31(7-3)8-4/h5-6,9-19H,1-2,7-8H2,3-4H3/b20-11+. The van der Waals surface area contributed by atoms with E-state index in [1.165, 1.54) is 0 Å². The minimum atomic E-state index is -1.09. The molecule has 2 heterocycles. The van der Waals surface area contributed by atoms with Crippen LogP contribution in [0.15, 0.2) is 92.0 Å². The second-order valence-corrected chi connectivity index (χ2v) is 8.34. The van der Waals surface area contributed by atoms with E-state index in [2.05, 4.69) is 38.0 Å². The molecule has 0 saturated carbocycles. The van der Waals surface area contributed by atoms with Crippen LogP contribution in [-0.2, 0) is 10.3 Å². The van der Waals surface area contributed by atoms with Crippen LogP contribution in [0.1, 0.15) is 46.5 Å². The number of fused-ring (bicyclic) bond motifs is 6. The first-order chi connectivity index (χ1) is 16.6. The topological polar surface area (TPSA) is 38.8 Å². The quantitative estimate of drug-likeness (QED) is 0.304. The van der Waals surface area contributed by atoms with Gasteiger partial charge in [0.25, 0.3) is 0 Å². The molecule has 2 aliphatic rings. The predicted octanol–water partition coefficient (Wildman–Crippen LogP) is 6.86. The normalized spacial score (nSPS) is 17.8. The Morgan fingerprint density at radius 1 is 0.941 bits per heavy atom. The molecule has 1 unspecified atom stereocenters. The zero-order chi connectivity index (χ0) is 23.9. The van der Waals surface area contributed by atoms with Gasteiger partial charge in [-0.1, -0.05) is 55.7 Å². The lowest BCUT2D eigenvalue weighted by Crippen LogP contribution is -2.33. The van der Waals surface area contributed by atoms with Crippen LogP contribution in [0.3, 0.4) is 0 Å². The van der Waals surface area contributed by atoms with Crippen LogP contribution >= 0.6 is 0 Å². The van der Waals surface area contributed by atoms with Gasteiger partial charge >= 0.3 is 5.97 Å². The van der Waals surface area contributed by atoms with Gasteiger partial charge in [0.2, 0.25) is 0 Å². The molecule has 0 fully saturated rings. The highest BCUT2D eigenvalue weighted by atomic mass is 16.6. The number of allylic oxidation sites excluding steroid dienone is 4. The maximum atomic E-state index is 13.1. The first-order valence-corrected chi connectivity index (χ1v) is 11.6. The van der Waals surface area contributed by atoms with Gasteiger partial charge in [-0.2, -0.15) is 0 Å². The van der Waals surface area contributed by atoms with E-state index < -0.39 is 5.60 Å². The molecule has 0 N–H and O–H groups in total. The molecule has 3 aromatic carbocycles. The van der Waals surface area contributed by atoms with Gasteiger partial charge in [0.15, 0.2) is 5.60 Å². The highest BCUT2D eigenvalue weighted by Gasteiger charge is 2.53. The highest BCUT2D eigenvalue weighted by Crippen LogP contribution is 2.56. The first kappa shape index (κ1) is 21.8. The maximum absolute atomic E-state index is 13.1. The van der Waals surface area contributed by atoms with E-state index in [9.17, 15) is 4.79 Å². The van der Waals surface area contributed by atoms with Crippen molar-refractivity contribution >= 4 is 17.2 Å². The van der Waals surface area contributed by atoms with E-state index in [0.29, 0.717) is 17.1 Å². The number of hydrogen-bond acceptors (Lipinski definition) is 4. The van der Waals surface area contributed by atoms with Crippen LogP contribution in [0.25, 0.3) is 5.57 Å². The Balaban J connectivity index is 1.80. The number of ether oxygens (including phenoxy) is 2. The summed E-state index contributed by atoms with van der Waals surface area (Å²) in [6.45, 7) is 13.8. The number of carbonyl (C=O) groups excluding carboxylic acids is 1.